The van der Waals surface area contributed by atoms with Crippen molar-refractivity contribution in [3.05, 3.63) is 78.0 Å². The Balaban J connectivity index is 1.36. The lowest BCUT2D eigenvalue weighted by atomic mass is 9.89. The number of pyridine rings is 1. The van der Waals surface area contributed by atoms with E-state index >= 15 is 0 Å². The summed E-state index contributed by atoms with van der Waals surface area (Å²) in [7, 11) is 0. The van der Waals surface area contributed by atoms with Gasteiger partial charge >= 0.3 is 0 Å². The fourth-order valence-corrected chi connectivity index (χ4v) is 4.62. The molecule has 1 N–H and O–H groups in total. The van der Waals surface area contributed by atoms with Crippen LogP contribution in [-0.2, 0) is 22.4 Å². The van der Waals surface area contributed by atoms with Gasteiger partial charge in [-0.1, -0.05) is 42.5 Å². The van der Waals surface area contributed by atoms with Gasteiger partial charge in [0.25, 0.3) is 0 Å². The Morgan fingerprint density at radius 1 is 1.06 bits per heavy atom. The van der Waals surface area contributed by atoms with Crippen molar-refractivity contribution in [3.63, 3.8) is 0 Å². The maximum Gasteiger partial charge on any atom is 0.247 e. The summed E-state index contributed by atoms with van der Waals surface area (Å²) >= 11 is 0. The molecule has 2 aromatic carbocycles. The molecule has 1 aliphatic heterocycles. The molecule has 3 aromatic rings. The van der Waals surface area contributed by atoms with Gasteiger partial charge in [0, 0.05) is 24.7 Å². The first-order valence-electron chi connectivity index (χ1n) is 11.4. The van der Waals surface area contributed by atoms with Crippen molar-refractivity contribution in [2.45, 2.75) is 45.1 Å². The second kappa shape index (κ2) is 9.51. The molecule has 1 aliphatic rings. The predicted octanol–water partition coefficient (Wildman–Crippen LogP) is 4.15. The SMILES string of the molecule is CC(C)(NC(=O)Cc1ccccc1)C(=O)N1CCC[C@H](Cc2ccc3ncccc3c2)C1. The van der Waals surface area contributed by atoms with Crippen LogP contribution in [0, 0.1) is 5.92 Å². The molecule has 1 saturated heterocycles. The van der Waals surface area contributed by atoms with E-state index in [1.54, 1.807) is 13.8 Å². The smallest absolute Gasteiger partial charge is 0.247 e. The standard InChI is InChI=1S/C27H31N3O2/c1-27(2,29-25(31)18-20-8-4-3-5-9-20)26(32)30-15-7-10-22(19-30)16-21-12-13-24-23(17-21)11-6-14-28-24/h3-6,8-9,11-14,17,22H,7,10,15-16,18-19H2,1-2H3,(H,29,31)/t22-/m1/s1. The van der Waals surface area contributed by atoms with E-state index in [4.69, 9.17) is 0 Å². The highest BCUT2D eigenvalue weighted by Gasteiger charge is 2.35. The molecular formula is C27H31N3O2. The van der Waals surface area contributed by atoms with Crippen molar-refractivity contribution >= 4 is 22.7 Å². The van der Waals surface area contributed by atoms with Crippen molar-refractivity contribution in [2.24, 2.45) is 5.92 Å². The van der Waals surface area contributed by atoms with Gasteiger partial charge in [-0.15, -0.1) is 0 Å². The minimum atomic E-state index is -0.928. The molecule has 0 aliphatic carbocycles. The largest absolute Gasteiger partial charge is 0.342 e. The number of benzene rings is 2. The molecule has 166 valence electrons. The average Bonchev–Trinajstić information content (AvgIpc) is 2.79. The van der Waals surface area contributed by atoms with E-state index in [0.29, 0.717) is 5.92 Å². The predicted molar refractivity (Wildman–Crippen MR) is 127 cm³/mol. The zero-order valence-electron chi connectivity index (χ0n) is 18.9. The van der Waals surface area contributed by atoms with E-state index in [9.17, 15) is 9.59 Å². The lowest BCUT2D eigenvalue weighted by molar-refractivity contribution is -0.141. The van der Waals surface area contributed by atoms with E-state index in [1.807, 2.05) is 47.5 Å². The summed E-state index contributed by atoms with van der Waals surface area (Å²) in [5, 5.41) is 4.10. The van der Waals surface area contributed by atoms with Gasteiger partial charge in [0.1, 0.15) is 5.54 Å². The zero-order valence-corrected chi connectivity index (χ0v) is 18.9. The quantitative estimate of drug-likeness (QED) is 0.640. The number of nitrogens with one attached hydrogen (secondary N) is 1. The van der Waals surface area contributed by atoms with Crippen LogP contribution in [0.3, 0.4) is 0 Å². The highest BCUT2D eigenvalue weighted by Crippen LogP contribution is 2.24. The van der Waals surface area contributed by atoms with Gasteiger partial charge in [0.15, 0.2) is 0 Å². The van der Waals surface area contributed by atoms with Crippen LogP contribution < -0.4 is 5.32 Å². The summed E-state index contributed by atoms with van der Waals surface area (Å²) in [4.78, 5) is 32.1. The highest BCUT2D eigenvalue weighted by atomic mass is 16.2. The van der Waals surface area contributed by atoms with Crippen LogP contribution in [0.2, 0.25) is 0 Å². The molecule has 1 fully saturated rings. The number of carbonyl (C=O) groups excluding carboxylic acids is 2. The molecule has 2 amide bonds. The second-order valence-corrected chi connectivity index (χ2v) is 9.33. The Bertz CT molecular complexity index is 1090. The second-order valence-electron chi connectivity index (χ2n) is 9.33. The molecular weight excluding hydrogens is 398 g/mol. The van der Waals surface area contributed by atoms with Gasteiger partial charge in [-0.2, -0.15) is 0 Å². The molecule has 0 spiro atoms. The van der Waals surface area contributed by atoms with Crippen molar-refractivity contribution in [1.29, 1.82) is 0 Å². The Morgan fingerprint density at radius 2 is 1.88 bits per heavy atom. The van der Waals surface area contributed by atoms with Crippen molar-refractivity contribution in [2.75, 3.05) is 13.1 Å². The monoisotopic (exact) mass is 429 g/mol. The maximum atomic E-state index is 13.3. The number of rotatable bonds is 6. The number of aromatic nitrogens is 1. The van der Waals surface area contributed by atoms with Crippen LogP contribution in [0.15, 0.2) is 66.9 Å². The number of likely N-dealkylation sites (tertiary alicyclic amines) is 1. The molecule has 4 rings (SSSR count). The summed E-state index contributed by atoms with van der Waals surface area (Å²) in [6.45, 7) is 5.08. The third-order valence-electron chi connectivity index (χ3n) is 6.19. The number of hydrogen-bond donors (Lipinski definition) is 1. The molecule has 5 nitrogen and oxygen atoms in total. The van der Waals surface area contributed by atoms with Gasteiger partial charge in [-0.25, -0.2) is 0 Å². The van der Waals surface area contributed by atoms with Gasteiger partial charge in [0.2, 0.25) is 11.8 Å². The lowest BCUT2D eigenvalue weighted by Crippen LogP contribution is -2.58. The van der Waals surface area contributed by atoms with Crippen LogP contribution in [0.1, 0.15) is 37.8 Å². The van der Waals surface area contributed by atoms with E-state index in [1.165, 1.54) is 5.56 Å². The fourth-order valence-electron chi connectivity index (χ4n) is 4.62. The molecule has 0 radical (unpaired) electrons. The Labute approximate surface area is 189 Å². The molecule has 2 heterocycles. The van der Waals surface area contributed by atoms with Gasteiger partial charge < -0.3 is 10.2 Å². The molecule has 0 saturated carbocycles. The zero-order chi connectivity index (χ0) is 22.6. The highest BCUT2D eigenvalue weighted by molar-refractivity contribution is 5.91. The molecule has 32 heavy (non-hydrogen) atoms. The summed E-state index contributed by atoms with van der Waals surface area (Å²) in [6.07, 6.45) is 5.12. The number of carbonyl (C=O) groups is 2. The number of piperidine rings is 1. The Morgan fingerprint density at radius 3 is 2.69 bits per heavy atom. The minimum Gasteiger partial charge on any atom is -0.342 e. The van der Waals surface area contributed by atoms with E-state index < -0.39 is 5.54 Å². The first-order valence-corrected chi connectivity index (χ1v) is 11.4. The lowest BCUT2D eigenvalue weighted by Gasteiger charge is -2.38. The van der Waals surface area contributed by atoms with Gasteiger partial charge in [-0.05, 0) is 68.4 Å². The van der Waals surface area contributed by atoms with Crippen molar-refractivity contribution < 1.29 is 9.59 Å². The number of fused-ring (bicyclic) bond motifs is 1. The van der Waals surface area contributed by atoms with Crippen LogP contribution in [-0.4, -0.2) is 40.3 Å². The van der Waals surface area contributed by atoms with Crippen LogP contribution in [0.4, 0.5) is 0 Å². The Hall–Kier alpha value is -3.21. The Kier molecular flexibility index (Phi) is 6.54. The third kappa shape index (κ3) is 5.34. The average molecular weight is 430 g/mol. The van der Waals surface area contributed by atoms with Crippen LogP contribution in [0.25, 0.3) is 10.9 Å². The number of amides is 2. The van der Waals surface area contributed by atoms with Crippen molar-refractivity contribution in [3.8, 4) is 0 Å². The first-order chi connectivity index (χ1) is 15.4. The number of nitrogens with zero attached hydrogens (tertiary/aromatic N) is 2. The van der Waals surface area contributed by atoms with Crippen molar-refractivity contribution in [1.82, 2.24) is 15.2 Å². The topological polar surface area (TPSA) is 62.3 Å². The van der Waals surface area contributed by atoms with E-state index in [2.05, 4.69) is 34.6 Å². The first kappa shape index (κ1) is 22.0. The summed E-state index contributed by atoms with van der Waals surface area (Å²) in [5.74, 6) is 0.275. The van der Waals surface area contributed by atoms with Gasteiger partial charge in [-0.3, -0.25) is 14.6 Å². The minimum absolute atomic E-state index is 0.00803. The normalized spacial score (nSPS) is 16.7. The summed E-state index contributed by atoms with van der Waals surface area (Å²) in [6, 6.07) is 20.1. The van der Waals surface area contributed by atoms with Crippen LogP contribution >= 0.6 is 0 Å². The summed E-state index contributed by atoms with van der Waals surface area (Å²) in [5.41, 5.74) is 2.30. The molecule has 0 unspecified atom stereocenters. The third-order valence-corrected chi connectivity index (χ3v) is 6.19. The van der Waals surface area contributed by atoms with E-state index in [-0.39, 0.29) is 18.2 Å². The fraction of sp³-hybridized carbons (Fsp3) is 0.370. The molecule has 1 aromatic heterocycles. The van der Waals surface area contributed by atoms with E-state index in [0.717, 1.165) is 48.8 Å². The van der Waals surface area contributed by atoms with Gasteiger partial charge in [0.05, 0.1) is 11.9 Å². The molecule has 1 atom stereocenters. The maximum absolute atomic E-state index is 13.3. The number of hydrogen-bond acceptors (Lipinski definition) is 3. The summed E-state index contributed by atoms with van der Waals surface area (Å²) < 4.78 is 0. The molecule has 5 heteroatoms. The van der Waals surface area contributed by atoms with Crippen LogP contribution in [0.5, 0.6) is 0 Å². The molecule has 0 bridgehead atoms.